The number of nitrogens with one attached hydrogen (secondary N) is 1. The minimum absolute atomic E-state index is 0.00665. The van der Waals surface area contributed by atoms with Crippen LogP contribution in [0, 0.1) is 5.92 Å². The monoisotopic (exact) mass is 249 g/mol. The van der Waals surface area contributed by atoms with Crippen LogP contribution < -0.4 is 11.1 Å². The number of rotatable bonds is 4. The van der Waals surface area contributed by atoms with Crippen LogP contribution in [0.3, 0.4) is 0 Å². The molecular weight excluding hydrogens is 230 g/mol. The molecule has 1 amide bonds. The van der Waals surface area contributed by atoms with Gasteiger partial charge in [0, 0.05) is 18.8 Å². The summed E-state index contributed by atoms with van der Waals surface area (Å²) in [5.41, 5.74) is 6.10. The second-order valence-electron chi connectivity index (χ2n) is 4.79. The van der Waals surface area contributed by atoms with Gasteiger partial charge in [0.05, 0.1) is 11.8 Å². The fourth-order valence-electron chi connectivity index (χ4n) is 2.53. The quantitative estimate of drug-likeness (QED) is 0.743. The molecule has 0 spiro atoms. The van der Waals surface area contributed by atoms with Crippen molar-refractivity contribution in [1.82, 2.24) is 10.3 Å². The van der Waals surface area contributed by atoms with Crippen LogP contribution in [0.15, 0.2) is 18.5 Å². The maximum atomic E-state index is 12.0. The van der Waals surface area contributed by atoms with Crippen molar-refractivity contribution in [3.63, 3.8) is 0 Å². The van der Waals surface area contributed by atoms with Gasteiger partial charge in [0.2, 0.25) is 0 Å². The SMILES string of the molecule is NCC(NC(=O)c1cncc(O)c1)C1CCCC1. The Hall–Kier alpha value is -1.62. The fraction of sp³-hybridized carbons (Fsp3) is 0.538. The summed E-state index contributed by atoms with van der Waals surface area (Å²) < 4.78 is 0. The molecule has 1 saturated carbocycles. The second kappa shape index (κ2) is 5.82. The largest absolute Gasteiger partial charge is 0.506 e. The van der Waals surface area contributed by atoms with Gasteiger partial charge in [-0.15, -0.1) is 0 Å². The molecule has 0 bridgehead atoms. The lowest BCUT2D eigenvalue weighted by atomic mass is 9.98. The van der Waals surface area contributed by atoms with E-state index in [1.165, 1.54) is 31.3 Å². The summed E-state index contributed by atoms with van der Waals surface area (Å²) in [7, 11) is 0. The summed E-state index contributed by atoms with van der Waals surface area (Å²) >= 11 is 0. The molecule has 98 valence electrons. The van der Waals surface area contributed by atoms with Crippen LogP contribution in [0.5, 0.6) is 5.75 Å². The Kier molecular flexibility index (Phi) is 4.15. The lowest BCUT2D eigenvalue weighted by Crippen LogP contribution is -2.44. The smallest absolute Gasteiger partial charge is 0.253 e. The predicted molar refractivity (Wildman–Crippen MR) is 68.2 cm³/mol. The van der Waals surface area contributed by atoms with E-state index in [4.69, 9.17) is 5.73 Å². The highest BCUT2D eigenvalue weighted by molar-refractivity contribution is 5.94. The van der Waals surface area contributed by atoms with Crippen molar-refractivity contribution < 1.29 is 9.90 Å². The van der Waals surface area contributed by atoms with E-state index < -0.39 is 0 Å². The predicted octanol–water partition coefficient (Wildman–Crippen LogP) is 1.03. The van der Waals surface area contributed by atoms with E-state index in [0.717, 1.165) is 12.8 Å². The zero-order valence-electron chi connectivity index (χ0n) is 10.3. The molecule has 2 rings (SSSR count). The average molecular weight is 249 g/mol. The molecule has 1 aromatic heterocycles. The van der Waals surface area contributed by atoms with Crippen molar-refractivity contribution in [3.05, 3.63) is 24.0 Å². The lowest BCUT2D eigenvalue weighted by molar-refractivity contribution is 0.0923. The third-order valence-corrected chi connectivity index (χ3v) is 3.53. The van der Waals surface area contributed by atoms with Gasteiger partial charge in [-0.05, 0) is 24.8 Å². The number of pyridine rings is 1. The second-order valence-corrected chi connectivity index (χ2v) is 4.79. The molecule has 4 N–H and O–H groups in total. The van der Waals surface area contributed by atoms with E-state index in [9.17, 15) is 9.90 Å². The van der Waals surface area contributed by atoms with Crippen molar-refractivity contribution in [3.8, 4) is 5.75 Å². The van der Waals surface area contributed by atoms with E-state index in [0.29, 0.717) is 18.0 Å². The Balaban J connectivity index is 2.00. The van der Waals surface area contributed by atoms with E-state index in [1.807, 2.05) is 0 Å². The number of aromatic hydroxyl groups is 1. The molecular formula is C13H19N3O2. The molecule has 0 saturated heterocycles. The number of nitrogens with zero attached hydrogens (tertiary/aromatic N) is 1. The minimum Gasteiger partial charge on any atom is -0.506 e. The summed E-state index contributed by atoms with van der Waals surface area (Å²) in [6, 6.07) is 1.42. The molecule has 1 heterocycles. The number of hydrogen-bond donors (Lipinski definition) is 3. The molecule has 1 aliphatic carbocycles. The van der Waals surface area contributed by atoms with Crippen LogP contribution in [0.2, 0.25) is 0 Å². The lowest BCUT2D eigenvalue weighted by Gasteiger charge is -2.23. The summed E-state index contributed by atoms with van der Waals surface area (Å²) in [5, 5.41) is 12.2. The zero-order chi connectivity index (χ0) is 13.0. The van der Waals surface area contributed by atoms with Gasteiger partial charge in [0.25, 0.3) is 5.91 Å². The van der Waals surface area contributed by atoms with Crippen molar-refractivity contribution in [2.24, 2.45) is 11.7 Å². The molecule has 1 aromatic rings. The van der Waals surface area contributed by atoms with Gasteiger partial charge >= 0.3 is 0 Å². The van der Waals surface area contributed by atoms with Gasteiger partial charge in [0.15, 0.2) is 0 Å². The third-order valence-electron chi connectivity index (χ3n) is 3.53. The zero-order valence-corrected chi connectivity index (χ0v) is 10.3. The van der Waals surface area contributed by atoms with Crippen LogP contribution in [-0.2, 0) is 0 Å². The van der Waals surface area contributed by atoms with Crippen LogP contribution in [0.4, 0.5) is 0 Å². The average Bonchev–Trinajstić information content (AvgIpc) is 2.89. The number of nitrogens with two attached hydrogens (primary N) is 1. The topological polar surface area (TPSA) is 88.2 Å². The Morgan fingerprint density at radius 2 is 2.22 bits per heavy atom. The number of carbonyl (C=O) groups is 1. The Bertz CT molecular complexity index is 416. The van der Waals surface area contributed by atoms with Crippen molar-refractivity contribution in [2.45, 2.75) is 31.7 Å². The Morgan fingerprint density at radius 3 is 2.83 bits per heavy atom. The summed E-state index contributed by atoms with van der Waals surface area (Å²) in [6.45, 7) is 0.447. The standard InChI is InChI=1S/C13H19N3O2/c14-6-12(9-3-1-2-4-9)16-13(18)10-5-11(17)8-15-7-10/h5,7-9,12,17H,1-4,6,14H2,(H,16,18). The highest BCUT2D eigenvalue weighted by Crippen LogP contribution is 2.27. The van der Waals surface area contributed by atoms with Crippen molar-refractivity contribution in [2.75, 3.05) is 6.54 Å². The molecule has 18 heavy (non-hydrogen) atoms. The third kappa shape index (κ3) is 2.98. The first kappa shape index (κ1) is 12.8. The van der Waals surface area contributed by atoms with E-state index in [1.54, 1.807) is 0 Å². The molecule has 0 radical (unpaired) electrons. The van der Waals surface area contributed by atoms with E-state index in [-0.39, 0.29) is 17.7 Å². The molecule has 1 aliphatic rings. The van der Waals surface area contributed by atoms with E-state index in [2.05, 4.69) is 10.3 Å². The minimum atomic E-state index is -0.222. The number of amides is 1. The molecule has 0 aliphatic heterocycles. The fourth-order valence-corrected chi connectivity index (χ4v) is 2.53. The number of carbonyl (C=O) groups excluding carboxylic acids is 1. The van der Waals surface area contributed by atoms with Gasteiger partial charge in [-0.3, -0.25) is 9.78 Å². The van der Waals surface area contributed by atoms with Gasteiger partial charge in [-0.25, -0.2) is 0 Å². The van der Waals surface area contributed by atoms with Crippen LogP contribution in [-0.4, -0.2) is 28.6 Å². The first-order valence-corrected chi connectivity index (χ1v) is 6.35. The number of hydrogen-bond acceptors (Lipinski definition) is 4. The summed E-state index contributed by atoms with van der Waals surface area (Å²) in [4.78, 5) is 15.8. The molecule has 0 aromatic carbocycles. The Labute approximate surface area is 106 Å². The van der Waals surface area contributed by atoms with Crippen molar-refractivity contribution >= 4 is 5.91 Å². The molecule has 1 fully saturated rings. The first-order chi connectivity index (χ1) is 8.70. The number of aromatic nitrogens is 1. The molecule has 5 heteroatoms. The maximum absolute atomic E-state index is 12.0. The maximum Gasteiger partial charge on any atom is 0.253 e. The van der Waals surface area contributed by atoms with Gasteiger partial charge in [-0.1, -0.05) is 12.8 Å². The highest BCUT2D eigenvalue weighted by atomic mass is 16.3. The van der Waals surface area contributed by atoms with E-state index >= 15 is 0 Å². The van der Waals surface area contributed by atoms with Gasteiger partial charge in [-0.2, -0.15) is 0 Å². The van der Waals surface area contributed by atoms with Crippen LogP contribution in [0.1, 0.15) is 36.0 Å². The molecule has 1 atom stereocenters. The van der Waals surface area contributed by atoms with Crippen molar-refractivity contribution in [1.29, 1.82) is 0 Å². The first-order valence-electron chi connectivity index (χ1n) is 6.35. The highest BCUT2D eigenvalue weighted by Gasteiger charge is 2.25. The summed E-state index contributed by atoms with van der Waals surface area (Å²) in [5.74, 6) is 0.248. The summed E-state index contributed by atoms with van der Waals surface area (Å²) in [6.07, 6.45) is 7.42. The van der Waals surface area contributed by atoms with Crippen LogP contribution >= 0.6 is 0 Å². The van der Waals surface area contributed by atoms with Gasteiger partial charge in [0.1, 0.15) is 5.75 Å². The Morgan fingerprint density at radius 1 is 1.50 bits per heavy atom. The normalized spacial score (nSPS) is 17.6. The van der Waals surface area contributed by atoms with Crippen LogP contribution in [0.25, 0.3) is 0 Å². The molecule has 1 unspecified atom stereocenters. The molecule has 5 nitrogen and oxygen atoms in total. The van der Waals surface area contributed by atoms with Gasteiger partial charge < -0.3 is 16.2 Å².